The maximum absolute atomic E-state index is 13.8. The van der Waals surface area contributed by atoms with E-state index < -0.39 is 0 Å². The molecule has 0 aliphatic rings. The summed E-state index contributed by atoms with van der Waals surface area (Å²) in [5, 5.41) is 2.97. The highest BCUT2D eigenvalue weighted by Crippen LogP contribution is 2.25. The van der Waals surface area contributed by atoms with Crippen molar-refractivity contribution in [1.82, 2.24) is 19.5 Å². The van der Waals surface area contributed by atoms with Crippen LogP contribution in [0.3, 0.4) is 0 Å². The van der Waals surface area contributed by atoms with Crippen molar-refractivity contribution in [3.05, 3.63) is 154 Å². The van der Waals surface area contributed by atoms with Gasteiger partial charge in [-0.25, -0.2) is 9.97 Å². The van der Waals surface area contributed by atoms with E-state index in [-0.39, 0.29) is 11.5 Å². The number of anilines is 1. The van der Waals surface area contributed by atoms with Crippen molar-refractivity contribution in [2.75, 3.05) is 5.32 Å². The Kier molecular flexibility index (Phi) is 7.46. The minimum absolute atomic E-state index is 0.172. The van der Waals surface area contributed by atoms with Gasteiger partial charge < -0.3 is 5.32 Å². The van der Waals surface area contributed by atoms with Gasteiger partial charge in [-0.2, -0.15) is 0 Å². The van der Waals surface area contributed by atoms with Crippen LogP contribution in [0.2, 0.25) is 0 Å². The fraction of sp³-hybridized carbons (Fsp3) is 0.0571. The minimum atomic E-state index is -0.223. The standard InChI is InChI=1S/C35H27N5O2/c1-2-7-24-8-3-11-28(20-24)34(41)38-29-16-14-26(15-17-29)27-10-4-12-30(22-27)40-33-31(13-6-19-37-33)39-32(35(40)42)21-25-9-5-18-36-23-25/h2-20,22-23H,21H2,1H3,(H,38,41)/b7-2+. The molecule has 6 rings (SSSR count). The number of rotatable bonds is 7. The summed E-state index contributed by atoms with van der Waals surface area (Å²) in [4.78, 5) is 39.9. The first-order valence-electron chi connectivity index (χ1n) is 13.6. The van der Waals surface area contributed by atoms with Crippen LogP contribution in [-0.2, 0) is 6.42 Å². The SMILES string of the molecule is C/C=C/c1cccc(C(=O)Nc2ccc(-c3cccc(-n4c(=O)c(Cc5cccnc5)nc5cccnc54)c3)cc2)c1. The average Bonchev–Trinajstić information content (AvgIpc) is 3.03. The third-order valence-electron chi connectivity index (χ3n) is 6.87. The molecule has 204 valence electrons. The summed E-state index contributed by atoms with van der Waals surface area (Å²) in [6, 6.07) is 30.3. The van der Waals surface area contributed by atoms with E-state index in [9.17, 15) is 9.59 Å². The lowest BCUT2D eigenvalue weighted by Crippen LogP contribution is -2.25. The molecule has 7 heteroatoms. The van der Waals surface area contributed by atoms with E-state index in [0.717, 1.165) is 22.3 Å². The lowest BCUT2D eigenvalue weighted by Gasteiger charge is -2.13. The van der Waals surface area contributed by atoms with Crippen LogP contribution in [0.5, 0.6) is 0 Å². The van der Waals surface area contributed by atoms with E-state index in [1.165, 1.54) is 0 Å². The molecule has 0 unspecified atom stereocenters. The van der Waals surface area contributed by atoms with Gasteiger partial charge in [-0.3, -0.25) is 19.1 Å². The lowest BCUT2D eigenvalue weighted by molar-refractivity contribution is 0.102. The molecule has 0 bridgehead atoms. The van der Waals surface area contributed by atoms with E-state index in [0.29, 0.717) is 40.2 Å². The molecular formula is C35H27N5O2. The fourth-order valence-electron chi connectivity index (χ4n) is 4.87. The zero-order valence-corrected chi connectivity index (χ0v) is 22.9. The molecule has 7 nitrogen and oxygen atoms in total. The molecule has 0 saturated heterocycles. The second kappa shape index (κ2) is 11.8. The second-order valence-electron chi connectivity index (χ2n) is 9.79. The first-order chi connectivity index (χ1) is 20.6. The van der Waals surface area contributed by atoms with Gasteiger partial charge in [0.25, 0.3) is 11.5 Å². The largest absolute Gasteiger partial charge is 0.322 e. The number of pyridine rings is 2. The van der Waals surface area contributed by atoms with E-state index in [4.69, 9.17) is 0 Å². The van der Waals surface area contributed by atoms with Gasteiger partial charge in [-0.05, 0) is 83.8 Å². The van der Waals surface area contributed by atoms with Gasteiger partial charge in [0.05, 0.1) is 5.69 Å². The molecule has 0 radical (unpaired) electrons. The van der Waals surface area contributed by atoms with Gasteiger partial charge in [0.1, 0.15) is 11.2 Å². The highest BCUT2D eigenvalue weighted by atomic mass is 16.1. The monoisotopic (exact) mass is 549 g/mol. The van der Waals surface area contributed by atoms with Gasteiger partial charge in [-0.1, -0.05) is 54.6 Å². The van der Waals surface area contributed by atoms with Crippen LogP contribution in [0.25, 0.3) is 34.1 Å². The van der Waals surface area contributed by atoms with Crippen molar-refractivity contribution < 1.29 is 4.79 Å². The summed E-state index contributed by atoms with van der Waals surface area (Å²) in [6.07, 6.45) is 9.37. The van der Waals surface area contributed by atoms with Gasteiger partial charge in [-0.15, -0.1) is 0 Å². The Morgan fingerprint density at radius 3 is 2.52 bits per heavy atom. The van der Waals surface area contributed by atoms with Crippen LogP contribution in [0.15, 0.2) is 127 Å². The summed E-state index contributed by atoms with van der Waals surface area (Å²) < 4.78 is 1.62. The second-order valence-corrected chi connectivity index (χ2v) is 9.79. The quantitative estimate of drug-likeness (QED) is 0.239. The third-order valence-corrected chi connectivity index (χ3v) is 6.87. The molecule has 1 N–H and O–H groups in total. The highest BCUT2D eigenvalue weighted by Gasteiger charge is 2.15. The molecule has 0 spiro atoms. The van der Waals surface area contributed by atoms with Gasteiger partial charge in [0, 0.05) is 36.3 Å². The molecule has 0 aliphatic heterocycles. The zero-order valence-electron chi connectivity index (χ0n) is 22.9. The Morgan fingerprint density at radius 2 is 1.71 bits per heavy atom. The normalized spacial score (nSPS) is 11.2. The molecule has 0 fully saturated rings. The van der Waals surface area contributed by atoms with Gasteiger partial charge in [0.15, 0.2) is 5.65 Å². The summed E-state index contributed by atoms with van der Waals surface area (Å²) in [6.45, 7) is 1.94. The number of hydrogen-bond donors (Lipinski definition) is 1. The Bertz CT molecular complexity index is 1980. The molecule has 3 aromatic heterocycles. The van der Waals surface area contributed by atoms with Gasteiger partial charge in [0.2, 0.25) is 0 Å². The minimum Gasteiger partial charge on any atom is -0.322 e. The van der Waals surface area contributed by atoms with Crippen molar-refractivity contribution in [3.63, 3.8) is 0 Å². The number of carbonyl (C=O) groups is 1. The van der Waals surface area contributed by atoms with Crippen LogP contribution in [0.1, 0.15) is 34.1 Å². The number of amides is 1. The topological polar surface area (TPSA) is 89.8 Å². The predicted octanol–water partition coefficient (Wildman–Crippen LogP) is 6.72. The van der Waals surface area contributed by atoms with E-state index in [1.807, 2.05) is 110 Å². The first-order valence-corrected chi connectivity index (χ1v) is 13.6. The molecular weight excluding hydrogens is 522 g/mol. The zero-order chi connectivity index (χ0) is 28.9. The number of aromatic nitrogens is 4. The van der Waals surface area contributed by atoms with E-state index in [1.54, 1.807) is 29.2 Å². The van der Waals surface area contributed by atoms with Crippen LogP contribution in [0, 0.1) is 0 Å². The molecule has 6 aromatic rings. The van der Waals surface area contributed by atoms with Crippen molar-refractivity contribution in [2.45, 2.75) is 13.3 Å². The first kappa shape index (κ1) is 26.5. The Hall–Kier alpha value is -5.69. The third kappa shape index (κ3) is 5.62. The molecule has 1 amide bonds. The van der Waals surface area contributed by atoms with Crippen molar-refractivity contribution in [3.8, 4) is 16.8 Å². The molecule has 0 saturated carbocycles. The highest BCUT2D eigenvalue weighted by molar-refractivity contribution is 6.04. The Labute approximate surface area is 242 Å². The van der Waals surface area contributed by atoms with Crippen LogP contribution in [0.4, 0.5) is 5.69 Å². The smallest absolute Gasteiger partial charge is 0.278 e. The maximum Gasteiger partial charge on any atom is 0.278 e. The van der Waals surface area contributed by atoms with Crippen LogP contribution in [-0.4, -0.2) is 25.4 Å². The number of hydrogen-bond acceptors (Lipinski definition) is 5. The molecule has 3 aromatic carbocycles. The number of nitrogens with zero attached hydrogens (tertiary/aromatic N) is 4. The van der Waals surface area contributed by atoms with Crippen molar-refractivity contribution >= 4 is 28.8 Å². The lowest BCUT2D eigenvalue weighted by atomic mass is 10.0. The molecule has 42 heavy (non-hydrogen) atoms. The number of benzene rings is 3. The maximum atomic E-state index is 13.8. The Balaban J connectivity index is 1.30. The predicted molar refractivity (Wildman–Crippen MR) is 167 cm³/mol. The number of nitrogens with one attached hydrogen (secondary N) is 1. The number of carbonyl (C=O) groups excluding carboxylic acids is 1. The molecule has 0 atom stereocenters. The Morgan fingerprint density at radius 1 is 0.881 bits per heavy atom. The summed E-state index contributed by atoms with van der Waals surface area (Å²) in [7, 11) is 0. The summed E-state index contributed by atoms with van der Waals surface area (Å²) >= 11 is 0. The molecule has 3 heterocycles. The number of fused-ring (bicyclic) bond motifs is 1. The van der Waals surface area contributed by atoms with Crippen molar-refractivity contribution in [2.24, 2.45) is 0 Å². The summed E-state index contributed by atoms with van der Waals surface area (Å²) in [5.74, 6) is -0.172. The van der Waals surface area contributed by atoms with E-state index >= 15 is 0 Å². The van der Waals surface area contributed by atoms with Crippen LogP contribution < -0.4 is 10.9 Å². The van der Waals surface area contributed by atoms with E-state index in [2.05, 4.69) is 20.3 Å². The van der Waals surface area contributed by atoms with Crippen LogP contribution >= 0.6 is 0 Å². The fourth-order valence-corrected chi connectivity index (χ4v) is 4.87. The summed E-state index contributed by atoms with van der Waals surface area (Å²) in [5.41, 5.74) is 7.04. The molecule has 0 aliphatic carbocycles. The van der Waals surface area contributed by atoms with Gasteiger partial charge >= 0.3 is 0 Å². The van der Waals surface area contributed by atoms with Crippen molar-refractivity contribution in [1.29, 1.82) is 0 Å². The number of allylic oxidation sites excluding steroid dienone is 1. The average molecular weight is 550 g/mol.